The molecule has 1 fully saturated rings. The summed E-state index contributed by atoms with van der Waals surface area (Å²) < 4.78 is 11.2. The molecular weight excluding hydrogens is 266 g/mol. The smallest absolute Gasteiger partial charge is 0.251 e. The molecule has 1 atom stereocenters. The largest absolute Gasteiger partial charge is 0.491 e. The topological polar surface area (TPSA) is 47.6 Å². The SMILES string of the molecule is CCC(C)(C)NC(=O)c1ccc(OC[C@H]2CCCO2)cc1. The van der Waals surface area contributed by atoms with Crippen LogP contribution in [0, 0.1) is 0 Å². The van der Waals surface area contributed by atoms with Crippen LogP contribution in [0.15, 0.2) is 24.3 Å². The highest BCUT2D eigenvalue weighted by molar-refractivity contribution is 5.94. The number of hydrogen-bond donors (Lipinski definition) is 1. The monoisotopic (exact) mass is 291 g/mol. The number of hydrogen-bond acceptors (Lipinski definition) is 3. The second-order valence-electron chi connectivity index (χ2n) is 6.16. The predicted molar refractivity (Wildman–Crippen MR) is 82.7 cm³/mol. The molecule has 21 heavy (non-hydrogen) atoms. The Bertz CT molecular complexity index is 461. The van der Waals surface area contributed by atoms with Gasteiger partial charge in [0, 0.05) is 17.7 Å². The Morgan fingerprint density at radius 2 is 2.10 bits per heavy atom. The first kappa shape index (κ1) is 15.8. The molecule has 1 amide bonds. The molecule has 0 aromatic heterocycles. The van der Waals surface area contributed by atoms with Crippen molar-refractivity contribution in [3.63, 3.8) is 0 Å². The van der Waals surface area contributed by atoms with Gasteiger partial charge in [0.25, 0.3) is 5.91 Å². The van der Waals surface area contributed by atoms with E-state index in [1.165, 1.54) is 0 Å². The number of carbonyl (C=O) groups excluding carboxylic acids is 1. The molecule has 0 aliphatic carbocycles. The average Bonchev–Trinajstić information content (AvgIpc) is 2.98. The third-order valence-corrected chi connectivity index (χ3v) is 3.91. The Kier molecular flexibility index (Phi) is 5.23. The van der Waals surface area contributed by atoms with E-state index in [1.54, 1.807) is 12.1 Å². The molecule has 0 radical (unpaired) electrons. The third kappa shape index (κ3) is 4.74. The summed E-state index contributed by atoms with van der Waals surface area (Å²) in [6, 6.07) is 7.27. The highest BCUT2D eigenvalue weighted by atomic mass is 16.5. The molecule has 0 bridgehead atoms. The van der Waals surface area contributed by atoms with Gasteiger partial charge >= 0.3 is 0 Å². The molecule has 1 aliphatic rings. The van der Waals surface area contributed by atoms with Crippen LogP contribution in [0.5, 0.6) is 5.75 Å². The van der Waals surface area contributed by atoms with Crippen LogP contribution in [0.25, 0.3) is 0 Å². The lowest BCUT2D eigenvalue weighted by Crippen LogP contribution is -2.42. The summed E-state index contributed by atoms with van der Waals surface area (Å²) in [5, 5.41) is 3.02. The molecule has 2 rings (SSSR count). The first-order valence-electron chi connectivity index (χ1n) is 7.67. The van der Waals surface area contributed by atoms with Crippen LogP contribution in [0.3, 0.4) is 0 Å². The van der Waals surface area contributed by atoms with Gasteiger partial charge in [-0.25, -0.2) is 0 Å². The van der Waals surface area contributed by atoms with Gasteiger partial charge in [-0.15, -0.1) is 0 Å². The number of ether oxygens (including phenoxy) is 2. The van der Waals surface area contributed by atoms with Gasteiger partial charge in [-0.2, -0.15) is 0 Å². The molecular formula is C17H25NO3. The van der Waals surface area contributed by atoms with Crippen LogP contribution < -0.4 is 10.1 Å². The molecule has 4 nitrogen and oxygen atoms in total. The van der Waals surface area contributed by atoms with Gasteiger partial charge < -0.3 is 14.8 Å². The van der Waals surface area contributed by atoms with Crippen molar-refractivity contribution in [2.24, 2.45) is 0 Å². The summed E-state index contributed by atoms with van der Waals surface area (Å²) in [6.07, 6.45) is 3.27. The summed E-state index contributed by atoms with van der Waals surface area (Å²) in [4.78, 5) is 12.1. The van der Waals surface area contributed by atoms with Crippen molar-refractivity contribution in [2.75, 3.05) is 13.2 Å². The molecule has 4 heteroatoms. The lowest BCUT2D eigenvalue weighted by molar-refractivity contribution is 0.0679. The van der Waals surface area contributed by atoms with E-state index in [9.17, 15) is 4.79 Å². The molecule has 0 unspecified atom stereocenters. The standard InChI is InChI=1S/C17H25NO3/c1-4-17(2,3)18-16(19)13-7-9-14(10-8-13)21-12-15-6-5-11-20-15/h7-10,15H,4-6,11-12H2,1-3H3,(H,18,19)/t15-/m1/s1. The third-order valence-electron chi connectivity index (χ3n) is 3.91. The Morgan fingerprint density at radius 3 is 2.67 bits per heavy atom. The van der Waals surface area contributed by atoms with Crippen molar-refractivity contribution in [2.45, 2.75) is 51.7 Å². The normalized spacial score (nSPS) is 18.5. The number of nitrogens with one attached hydrogen (secondary N) is 1. The molecule has 1 aromatic carbocycles. The van der Waals surface area contributed by atoms with Gasteiger partial charge in [0.2, 0.25) is 0 Å². The van der Waals surface area contributed by atoms with Gasteiger partial charge in [0.1, 0.15) is 12.4 Å². The van der Waals surface area contributed by atoms with Gasteiger partial charge in [0.05, 0.1) is 6.10 Å². The summed E-state index contributed by atoms with van der Waals surface area (Å²) in [5.41, 5.74) is 0.465. The Labute approximate surface area is 126 Å². The summed E-state index contributed by atoms with van der Waals surface area (Å²) in [7, 11) is 0. The zero-order valence-corrected chi connectivity index (χ0v) is 13.1. The number of carbonyl (C=O) groups is 1. The van der Waals surface area contributed by atoms with E-state index >= 15 is 0 Å². The number of rotatable bonds is 6. The minimum absolute atomic E-state index is 0.0486. The number of benzene rings is 1. The molecule has 1 aromatic rings. The highest BCUT2D eigenvalue weighted by Gasteiger charge is 2.19. The van der Waals surface area contributed by atoms with Crippen molar-refractivity contribution in [3.05, 3.63) is 29.8 Å². The van der Waals surface area contributed by atoms with E-state index < -0.39 is 0 Å². The Hall–Kier alpha value is -1.55. The minimum Gasteiger partial charge on any atom is -0.491 e. The first-order chi connectivity index (χ1) is 10.00. The first-order valence-corrected chi connectivity index (χ1v) is 7.67. The lowest BCUT2D eigenvalue weighted by Gasteiger charge is -2.24. The molecule has 116 valence electrons. The van der Waals surface area contributed by atoms with Crippen LogP contribution in [-0.4, -0.2) is 30.8 Å². The lowest BCUT2D eigenvalue weighted by atomic mass is 10.0. The quantitative estimate of drug-likeness (QED) is 0.875. The van der Waals surface area contributed by atoms with Crippen LogP contribution in [0.1, 0.15) is 50.4 Å². The summed E-state index contributed by atoms with van der Waals surface area (Å²) >= 11 is 0. The van der Waals surface area contributed by atoms with Gasteiger partial charge in [-0.3, -0.25) is 4.79 Å². The van der Waals surface area contributed by atoms with Crippen molar-refractivity contribution in [1.82, 2.24) is 5.32 Å². The fourth-order valence-electron chi connectivity index (χ4n) is 2.14. The van der Waals surface area contributed by atoms with E-state index in [-0.39, 0.29) is 17.6 Å². The molecule has 1 aliphatic heterocycles. The van der Waals surface area contributed by atoms with Crippen LogP contribution in [0.2, 0.25) is 0 Å². The molecule has 1 saturated heterocycles. The van der Waals surface area contributed by atoms with E-state index in [2.05, 4.69) is 12.2 Å². The fourth-order valence-corrected chi connectivity index (χ4v) is 2.14. The maximum Gasteiger partial charge on any atom is 0.251 e. The van der Waals surface area contributed by atoms with E-state index in [0.29, 0.717) is 12.2 Å². The predicted octanol–water partition coefficient (Wildman–Crippen LogP) is 3.16. The highest BCUT2D eigenvalue weighted by Crippen LogP contribution is 2.17. The van der Waals surface area contributed by atoms with Gasteiger partial charge in [-0.1, -0.05) is 6.92 Å². The van der Waals surface area contributed by atoms with Gasteiger partial charge in [0.15, 0.2) is 0 Å². The minimum atomic E-state index is -0.188. The van der Waals surface area contributed by atoms with E-state index in [4.69, 9.17) is 9.47 Å². The van der Waals surface area contributed by atoms with Crippen LogP contribution in [0.4, 0.5) is 0 Å². The second kappa shape index (κ2) is 6.94. The average molecular weight is 291 g/mol. The molecule has 0 saturated carbocycles. The second-order valence-corrected chi connectivity index (χ2v) is 6.16. The van der Waals surface area contributed by atoms with Gasteiger partial charge in [-0.05, 0) is 57.4 Å². The molecule has 1 N–H and O–H groups in total. The van der Waals surface area contributed by atoms with Crippen LogP contribution >= 0.6 is 0 Å². The van der Waals surface area contributed by atoms with Crippen molar-refractivity contribution in [3.8, 4) is 5.75 Å². The Morgan fingerprint density at radius 1 is 1.38 bits per heavy atom. The van der Waals surface area contributed by atoms with Crippen molar-refractivity contribution < 1.29 is 14.3 Å². The molecule has 0 spiro atoms. The van der Waals surface area contributed by atoms with E-state index in [0.717, 1.165) is 31.6 Å². The molecule has 1 heterocycles. The van der Waals surface area contributed by atoms with Crippen LogP contribution in [-0.2, 0) is 4.74 Å². The van der Waals surface area contributed by atoms with Crippen molar-refractivity contribution in [1.29, 1.82) is 0 Å². The maximum absolute atomic E-state index is 12.1. The number of amides is 1. The maximum atomic E-state index is 12.1. The summed E-state index contributed by atoms with van der Waals surface area (Å²) in [5.74, 6) is 0.726. The van der Waals surface area contributed by atoms with Crippen molar-refractivity contribution >= 4 is 5.91 Å². The fraction of sp³-hybridized carbons (Fsp3) is 0.588. The zero-order chi connectivity index (χ0) is 15.3. The Balaban J connectivity index is 1.87. The summed E-state index contributed by atoms with van der Waals surface area (Å²) in [6.45, 7) is 7.50. The van der Waals surface area contributed by atoms with E-state index in [1.807, 2.05) is 26.0 Å². The zero-order valence-electron chi connectivity index (χ0n) is 13.1.